The quantitative estimate of drug-likeness (QED) is 0.0931. The molecule has 0 bridgehead atoms. The van der Waals surface area contributed by atoms with Gasteiger partial charge in [0.2, 0.25) is 0 Å². The van der Waals surface area contributed by atoms with Crippen LogP contribution in [0.1, 0.15) is 144 Å². The van der Waals surface area contributed by atoms with Gasteiger partial charge in [-0.3, -0.25) is 0 Å². The number of sulfone groups is 4. The SMILES string of the molecule is CCOC(O)[C@@H]1C[C@H](CS(=O)(=O)C2CC2)[C@@H]2C[C@]12C.CCOC(O)[C@H]1C[C@@H](CS(=O)(=O)C2CC2)[C@H]2C[C@@]12C.C[C@@]12C[C@@H]1[C@H](CS(=O)(=O)C1CC1)C[C@@H]2C(O)O.C[C@]12C[C@H]1[C@@H](CS(=O)(=O)C1CC1)C[C@H]2C(O)O. The maximum atomic E-state index is 12.1. The molecule has 12 saturated carbocycles. The van der Waals surface area contributed by atoms with Crippen LogP contribution < -0.4 is 0 Å². The van der Waals surface area contributed by atoms with Crippen molar-refractivity contribution in [3.63, 3.8) is 0 Å². The van der Waals surface area contributed by atoms with Crippen LogP contribution in [0.5, 0.6) is 0 Å². The summed E-state index contributed by atoms with van der Waals surface area (Å²) in [5.41, 5.74) is 0.187. The number of hydrogen-bond acceptors (Lipinski definition) is 16. The number of aliphatic hydroxyl groups excluding tert-OH is 4. The summed E-state index contributed by atoms with van der Waals surface area (Å²) in [6.45, 7) is 13.2. The summed E-state index contributed by atoms with van der Waals surface area (Å²) in [6.07, 6.45) is 9.57. The lowest BCUT2D eigenvalue weighted by molar-refractivity contribution is -0.143. The summed E-state index contributed by atoms with van der Waals surface area (Å²) in [7, 11) is -11.6. The molecule has 72 heavy (non-hydrogen) atoms. The summed E-state index contributed by atoms with van der Waals surface area (Å²) >= 11 is 0. The molecule has 0 radical (unpaired) electrons. The Morgan fingerprint density at radius 2 is 0.597 bits per heavy atom. The number of aliphatic hydroxyl groups is 6. The molecule has 0 aromatic rings. The third-order valence-corrected chi connectivity index (χ3v) is 30.8. The van der Waals surface area contributed by atoms with E-state index in [0.717, 1.165) is 89.9 Å². The highest BCUT2D eigenvalue weighted by Crippen LogP contribution is 2.72. The highest BCUT2D eigenvalue weighted by atomic mass is 32.2. The van der Waals surface area contributed by atoms with Crippen LogP contribution in [0, 0.1) is 92.7 Å². The maximum Gasteiger partial charge on any atom is 0.157 e. The number of ether oxygens (including phenoxy) is 2. The van der Waals surface area contributed by atoms with E-state index in [9.17, 15) is 64.3 Å². The number of rotatable bonds is 20. The molecule has 0 saturated heterocycles. The average molecular weight is 1100 g/mol. The Bertz CT molecular complexity index is 2270. The van der Waals surface area contributed by atoms with Gasteiger partial charge >= 0.3 is 0 Å². The van der Waals surface area contributed by atoms with E-state index < -0.39 is 64.5 Å². The van der Waals surface area contributed by atoms with Crippen molar-refractivity contribution in [1.82, 2.24) is 0 Å². The van der Waals surface area contributed by atoms with Crippen molar-refractivity contribution in [2.24, 2.45) is 92.7 Å². The van der Waals surface area contributed by atoms with Crippen LogP contribution in [-0.4, -0.2) is 147 Å². The van der Waals surface area contributed by atoms with Gasteiger partial charge in [-0.1, -0.05) is 27.7 Å². The van der Waals surface area contributed by atoms with Crippen molar-refractivity contribution < 1.29 is 73.8 Å². The van der Waals surface area contributed by atoms with Gasteiger partial charge in [0.05, 0.1) is 44.0 Å². The zero-order chi connectivity index (χ0) is 52.5. The van der Waals surface area contributed by atoms with Crippen molar-refractivity contribution in [2.75, 3.05) is 36.2 Å². The van der Waals surface area contributed by atoms with Gasteiger partial charge in [-0.15, -0.1) is 0 Å². The van der Waals surface area contributed by atoms with E-state index in [1.807, 2.05) is 13.8 Å². The number of fused-ring (bicyclic) bond motifs is 4. The predicted octanol–water partition coefficient (Wildman–Crippen LogP) is 4.23. The third kappa shape index (κ3) is 11.3. The molecular weight excluding hydrogens is 1010 g/mol. The lowest BCUT2D eigenvalue weighted by atomic mass is 9.91. The fourth-order valence-electron chi connectivity index (χ4n) is 15.8. The molecule has 16 nitrogen and oxygen atoms in total. The van der Waals surface area contributed by atoms with Crippen LogP contribution in [0.15, 0.2) is 0 Å². The Morgan fingerprint density at radius 3 is 0.778 bits per heavy atom. The molecule has 0 aromatic heterocycles. The Balaban J connectivity index is 0.000000119. The zero-order valence-corrected chi connectivity index (χ0v) is 46.8. The van der Waals surface area contributed by atoms with E-state index in [4.69, 9.17) is 9.47 Å². The van der Waals surface area contributed by atoms with E-state index in [1.165, 1.54) is 0 Å². The fourth-order valence-corrected chi connectivity index (χ4v) is 24.2. The molecule has 0 aromatic carbocycles. The third-order valence-electron chi connectivity index (χ3n) is 21.3. The first-order chi connectivity index (χ1) is 33.5. The largest absolute Gasteiger partial charge is 0.368 e. The first kappa shape index (κ1) is 56.2. The lowest BCUT2D eigenvalue weighted by Crippen LogP contribution is -2.29. The molecule has 20 heteroatoms. The van der Waals surface area contributed by atoms with Crippen LogP contribution in [0.4, 0.5) is 0 Å². The van der Waals surface area contributed by atoms with E-state index in [1.54, 1.807) is 0 Å². The topological polar surface area (TPSA) is 276 Å². The molecular formula is C52H88O16S4. The second-order valence-electron chi connectivity index (χ2n) is 26.3. The minimum Gasteiger partial charge on any atom is -0.368 e. The highest BCUT2D eigenvalue weighted by molar-refractivity contribution is 7.93. The highest BCUT2D eigenvalue weighted by Gasteiger charge is 2.69. The van der Waals surface area contributed by atoms with E-state index in [2.05, 4.69) is 27.7 Å². The molecule has 0 spiro atoms. The van der Waals surface area contributed by atoms with Crippen molar-refractivity contribution in [2.45, 2.75) is 190 Å². The minimum atomic E-state index is -2.92. The lowest BCUT2D eigenvalue weighted by Gasteiger charge is -2.25. The second kappa shape index (κ2) is 19.7. The monoisotopic (exact) mass is 1100 g/mol. The Labute approximate surface area is 430 Å². The van der Waals surface area contributed by atoms with Gasteiger partial charge < -0.3 is 40.1 Å². The van der Waals surface area contributed by atoms with Gasteiger partial charge in [-0.05, 0) is 186 Å². The molecule has 12 fully saturated rings. The summed E-state index contributed by atoms with van der Waals surface area (Å²) in [5.74, 6) is 3.63. The molecule has 12 aliphatic rings. The summed E-state index contributed by atoms with van der Waals surface area (Å²) < 4.78 is 107. The fraction of sp³-hybridized carbons (Fsp3) is 1.00. The van der Waals surface area contributed by atoms with Crippen molar-refractivity contribution >= 4 is 39.3 Å². The molecule has 2 unspecified atom stereocenters. The van der Waals surface area contributed by atoms with E-state index >= 15 is 0 Å². The first-order valence-corrected chi connectivity index (χ1v) is 34.5. The molecule has 18 atom stereocenters. The Morgan fingerprint density at radius 1 is 0.389 bits per heavy atom. The van der Waals surface area contributed by atoms with Crippen molar-refractivity contribution in [3.8, 4) is 0 Å². The Kier molecular flexibility index (Phi) is 15.4. The van der Waals surface area contributed by atoms with Crippen LogP contribution in [-0.2, 0) is 48.8 Å². The first-order valence-electron chi connectivity index (χ1n) is 27.6. The van der Waals surface area contributed by atoms with Crippen LogP contribution in [0.2, 0.25) is 0 Å². The van der Waals surface area contributed by atoms with E-state index in [-0.39, 0.29) is 102 Å². The van der Waals surface area contributed by atoms with Gasteiger partial charge in [0.15, 0.2) is 64.5 Å². The Hall–Kier alpha value is -0.520. The molecule has 12 aliphatic carbocycles. The summed E-state index contributed by atoms with van der Waals surface area (Å²) in [4.78, 5) is 0. The predicted molar refractivity (Wildman–Crippen MR) is 270 cm³/mol. The van der Waals surface area contributed by atoms with Crippen LogP contribution in [0.25, 0.3) is 0 Å². The van der Waals surface area contributed by atoms with Gasteiger partial charge in [-0.25, -0.2) is 33.7 Å². The second-order valence-corrected chi connectivity index (χ2v) is 35.6. The van der Waals surface area contributed by atoms with Crippen molar-refractivity contribution in [3.05, 3.63) is 0 Å². The molecule has 12 rings (SSSR count). The average Bonchev–Trinajstić information content (AvgIpc) is 4.04. The smallest absolute Gasteiger partial charge is 0.157 e. The number of hydrogen-bond donors (Lipinski definition) is 6. The molecule has 0 heterocycles. The minimum absolute atomic E-state index is 0.0160. The summed E-state index contributed by atoms with van der Waals surface area (Å²) in [5, 5.41) is 57.3. The van der Waals surface area contributed by atoms with Crippen LogP contribution in [0.3, 0.4) is 0 Å². The standard InChI is InChI=1S/2C14H24O4S.2C12H20O4S/c2*1-3-18-13(15)11-6-9(12-7-14(11,12)2)8-19(16,17)10-4-5-10;2*1-12-5-10(12)7(4-9(12)11(13)14)6-17(15,16)8-2-3-8/h2*9-13,15H,3-8H2,1-2H3;2*7-11,13-14H,2-6H2,1H3/t2*9-,11+,12+,13?,14-;2*7-,9+,10+,12-/m1010/s1. The van der Waals surface area contributed by atoms with Gasteiger partial charge in [0, 0.05) is 36.9 Å². The molecule has 6 N–H and O–H groups in total. The summed E-state index contributed by atoms with van der Waals surface area (Å²) in [6, 6.07) is 0. The van der Waals surface area contributed by atoms with E-state index in [0.29, 0.717) is 61.2 Å². The van der Waals surface area contributed by atoms with Crippen molar-refractivity contribution in [1.29, 1.82) is 0 Å². The van der Waals surface area contributed by atoms with Gasteiger partial charge in [0.1, 0.15) is 0 Å². The van der Waals surface area contributed by atoms with Gasteiger partial charge in [-0.2, -0.15) is 0 Å². The zero-order valence-electron chi connectivity index (χ0n) is 43.5. The normalized spacial score (nSPS) is 44.0. The van der Waals surface area contributed by atoms with Crippen LogP contribution >= 0.6 is 0 Å². The molecule has 0 aliphatic heterocycles. The molecule has 0 amide bonds. The van der Waals surface area contributed by atoms with Gasteiger partial charge in [0.25, 0.3) is 0 Å². The molecule has 416 valence electrons. The maximum absolute atomic E-state index is 12.1.